The smallest absolute Gasteiger partial charge is 0.148 e. The zero-order valence-electron chi connectivity index (χ0n) is 10.2. The Morgan fingerprint density at radius 3 is 2.65 bits per heavy atom. The Hall–Kier alpha value is -1.16. The molecule has 0 radical (unpaired) electrons. The second-order valence-electron chi connectivity index (χ2n) is 5.16. The normalized spacial score (nSPS) is 25.3. The van der Waals surface area contributed by atoms with Crippen molar-refractivity contribution in [1.82, 2.24) is 15.5 Å². The molecule has 2 N–H and O–H groups in total. The number of nitrogens with zero attached hydrogens (tertiary/aromatic N) is 2. The largest absolute Gasteiger partial charge is 0.365 e. The van der Waals surface area contributed by atoms with E-state index in [1.165, 1.54) is 37.8 Å². The molecule has 0 spiro atoms. The minimum atomic E-state index is 0.507. The van der Waals surface area contributed by atoms with Crippen LogP contribution in [0.3, 0.4) is 0 Å². The van der Waals surface area contributed by atoms with Gasteiger partial charge in [-0.3, -0.25) is 0 Å². The molecule has 1 aromatic rings. The Morgan fingerprint density at radius 1 is 1.12 bits per heavy atom. The van der Waals surface area contributed by atoms with Crippen molar-refractivity contribution < 1.29 is 0 Å². The fourth-order valence-electron chi connectivity index (χ4n) is 2.53. The first-order valence-electron chi connectivity index (χ1n) is 6.73. The van der Waals surface area contributed by atoms with E-state index in [1.54, 1.807) is 0 Å². The SMILES string of the molecule is c1cc(C2CCC2)nnc1NC1CCCNC1. The van der Waals surface area contributed by atoms with Gasteiger partial charge in [-0.1, -0.05) is 6.42 Å². The third kappa shape index (κ3) is 2.57. The number of rotatable bonds is 3. The van der Waals surface area contributed by atoms with Crippen molar-refractivity contribution in [3.8, 4) is 0 Å². The highest BCUT2D eigenvalue weighted by molar-refractivity contribution is 5.35. The van der Waals surface area contributed by atoms with Crippen molar-refractivity contribution in [2.24, 2.45) is 0 Å². The van der Waals surface area contributed by atoms with Gasteiger partial charge in [0.25, 0.3) is 0 Å². The lowest BCUT2D eigenvalue weighted by atomic mass is 9.83. The number of nitrogens with one attached hydrogen (secondary N) is 2. The Labute approximate surface area is 102 Å². The van der Waals surface area contributed by atoms with Crippen LogP contribution in [0.1, 0.15) is 43.7 Å². The molecule has 2 aliphatic rings. The summed E-state index contributed by atoms with van der Waals surface area (Å²) in [5.41, 5.74) is 1.17. The van der Waals surface area contributed by atoms with E-state index in [0.29, 0.717) is 12.0 Å². The summed E-state index contributed by atoms with van der Waals surface area (Å²) in [6, 6.07) is 4.72. The summed E-state index contributed by atoms with van der Waals surface area (Å²) in [7, 11) is 0. The van der Waals surface area contributed by atoms with Crippen LogP contribution in [-0.2, 0) is 0 Å². The van der Waals surface area contributed by atoms with E-state index in [2.05, 4.69) is 33.0 Å². The number of hydrogen-bond donors (Lipinski definition) is 2. The predicted octanol–water partition coefficient (Wildman–Crippen LogP) is 1.91. The third-order valence-electron chi connectivity index (χ3n) is 3.86. The summed E-state index contributed by atoms with van der Waals surface area (Å²) in [4.78, 5) is 0. The summed E-state index contributed by atoms with van der Waals surface area (Å²) >= 11 is 0. The Balaban J connectivity index is 1.59. The standard InChI is InChI=1S/C13H20N4/c1-3-10(4-1)12-6-7-13(17-16-12)15-11-5-2-8-14-9-11/h6-7,10-11,14H,1-5,8-9H2,(H,15,17). The molecule has 0 bridgehead atoms. The Kier molecular flexibility index (Phi) is 3.22. The van der Waals surface area contributed by atoms with E-state index in [0.717, 1.165) is 18.9 Å². The van der Waals surface area contributed by atoms with Gasteiger partial charge in [-0.2, -0.15) is 5.10 Å². The molecule has 1 saturated carbocycles. The maximum atomic E-state index is 4.33. The monoisotopic (exact) mass is 232 g/mol. The van der Waals surface area contributed by atoms with Gasteiger partial charge < -0.3 is 10.6 Å². The topological polar surface area (TPSA) is 49.8 Å². The maximum absolute atomic E-state index is 4.33. The number of piperidine rings is 1. The van der Waals surface area contributed by atoms with E-state index in [4.69, 9.17) is 0 Å². The van der Waals surface area contributed by atoms with Crippen LogP contribution in [0.15, 0.2) is 12.1 Å². The lowest BCUT2D eigenvalue weighted by Crippen LogP contribution is -2.38. The lowest BCUT2D eigenvalue weighted by molar-refractivity contribution is 0.408. The fourth-order valence-corrected chi connectivity index (χ4v) is 2.53. The molecule has 1 atom stereocenters. The summed E-state index contributed by atoms with van der Waals surface area (Å²) in [6.45, 7) is 2.18. The van der Waals surface area contributed by atoms with Gasteiger partial charge in [-0.05, 0) is 44.4 Å². The van der Waals surface area contributed by atoms with Crippen LogP contribution in [0, 0.1) is 0 Å². The quantitative estimate of drug-likeness (QED) is 0.836. The first-order valence-corrected chi connectivity index (χ1v) is 6.73. The first-order chi connectivity index (χ1) is 8.42. The molecule has 0 amide bonds. The van der Waals surface area contributed by atoms with Gasteiger partial charge in [0.1, 0.15) is 5.82 Å². The van der Waals surface area contributed by atoms with Crippen molar-refractivity contribution in [3.05, 3.63) is 17.8 Å². The predicted molar refractivity (Wildman–Crippen MR) is 68.1 cm³/mol. The number of anilines is 1. The highest BCUT2D eigenvalue weighted by Gasteiger charge is 2.21. The zero-order chi connectivity index (χ0) is 11.5. The molecule has 2 heterocycles. The van der Waals surface area contributed by atoms with Crippen LogP contribution in [-0.4, -0.2) is 29.3 Å². The average Bonchev–Trinajstić information content (AvgIpc) is 2.31. The maximum Gasteiger partial charge on any atom is 0.148 e. The van der Waals surface area contributed by atoms with Crippen LogP contribution in [0.2, 0.25) is 0 Å². The molecule has 92 valence electrons. The Bertz CT molecular complexity index is 352. The zero-order valence-corrected chi connectivity index (χ0v) is 10.2. The summed E-state index contributed by atoms with van der Waals surface area (Å²) in [5, 5.41) is 15.5. The molecule has 0 aromatic carbocycles. The minimum absolute atomic E-state index is 0.507. The number of aromatic nitrogens is 2. The third-order valence-corrected chi connectivity index (χ3v) is 3.86. The van der Waals surface area contributed by atoms with Crippen LogP contribution < -0.4 is 10.6 Å². The molecule has 2 fully saturated rings. The molecular weight excluding hydrogens is 212 g/mol. The second-order valence-corrected chi connectivity index (χ2v) is 5.16. The van der Waals surface area contributed by atoms with E-state index in [9.17, 15) is 0 Å². The minimum Gasteiger partial charge on any atom is -0.365 e. The molecule has 1 aliphatic heterocycles. The summed E-state index contributed by atoms with van der Waals surface area (Å²) < 4.78 is 0. The molecule has 1 aliphatic carbocycles. The van der Waals surface area contributed by atoms with Crippen LogP contribution in [0.5, 0.6) is 0 Å². The van der Waals surface area contributed by atoms with Crippen LogP contribution in [0.4, 0.5) is 5.82 Å². The molecule has 1 aromatic heterocycles. The van der Waals surface area contributed by atoms with Gasteiger partial charge in [0.2, 0.25) is 0 Å². The van der Waals surface area contributed by atoms with Gasteiger partial charge in [-0.15, -0.1) is 5.10 Å². The van der Waals surface area contributed by atoms with Gasteiger partial charge in [-0.25, -0.2) is 0 Å². The molecule has 1 unspecified atom stereocenters. The first kappa shape index (κ1) is 11.0. The van der Waals surface area contributed by atoms with E-state index in [-0.39, 0.29) is 0 Å². The summed E-state index contributed by atoms with van der Waals surface area (Å²) in [5.74, 6) is 1.59. The molecule has 17 heavy (non-hydrogen) atoms. The fraction of sp³-hybridized carbons (Fsp3) is 0.692. The van der Waals surface area contributed by atoms with E-state index in [1.807, 2.05) is 0 Å². The average molecular weight is 232 g/mol. The Morgan fingerprint density at radius 2 is 2.06 bits per heavy atom. The van der Waals surface area contributed by atoms with E-state index >= 15 is 0 Å². The van der Waals surface area contributed by atoms with Gasteiger partial charge >= 0.3 is 0 Å². The molecule has 4 nitrogen and oxygen atoms in total. The van der Waals surface area contributed by atoms with Gasteiger partial charge in [0, 0.05) is 18.5 Å². The van der Waals surface area contributed by atoms with Gasteiger partial charge in [0.05, 0.1) is 5.69 Å². The highest BCUT2D eigenvalue weighted by atomic mass is 15.2. The van der Waals surface area contributed by atoms with Crippen molar-refractivity contribution in [2.45, 2.75) is 44.1 Å². The van der Waals surface area contributed by atoms with Crippen molar-refractivity contribution in [1.29, 1.82) is 0 Å². The highest BCUT2D eigenvalue weighted by Crippen LogP contribution is 2.34. The van der Waals surface area contributed by atoms with E-state index < -0.39 is 0 Å². The lowest BCUT2D eigenvalue weighted by Gasteiger charge is -2.25. The molecule has 4 heteroatoms. The van der Waals surface area contributed by atoms with Crippen LogP contribution >= 0.6 is 0 Å². The molecule has 1 saturated heterocycles. The van der Waals surface area contributed by atoms with Crippen LogP contribution in [0.25, 0.3) is 0 Å². The van der Waals surface area contributed by atoms with Gasteiger partial charge in [0.15, 0.2) is 0 Å². The molecular formula is C13H20N4. The second kappa shape index (κ2) is 5.00. The summed E-state index contributed by atoms with van der Waals surface area (Å²) in [6.07, 6.45) is 6.38. The van der Waals surface area contributed by atoms with Crippen molar-refractivity contribution in [3.63, 3.8) is 0 Å². The number of hydrogen-bond acceptors (Lipinski definition) is 4. The van der Waals surface area contributed by atoms with Crippen molar-refractivity contribution >= 4 is 5.82 Å². The molecule has 3 rings (SSSR count). The van der Waals surface area contributed by atoms with Crippen molar-refractivity contribution in [2.75, 3.05) is 18.4 Å².